The average molecular weight is 292 g/mol. The lowest BCUT2D eigenvalue weighted by molar-refractivity contribution is 0.380. The zero-order valence-electron chi connectivity index (χ0n) is 13.5. The summed E-state index contributed by atoms with van der Waals surface area (Å²) < 4.78 is 5.39. The monoisotopic (exact) mass is 292 g/mol. The summed E-state index contributed by atoms with van der Waals surface area (Å²) in [5, 5.41) is 10.9. The van der Waals surface area contributed by atoms with Crippen molar-refractivity contribution in [3.8, 4) is 0 Å². The number of aliphatic imine (C=N–C) groups is 1. The molecule has 2 N–H and O–H groups in total. The van der Waals surface area contributed by atoms with E-state index in [2.05, 4.69) is 41.6 Å². The maximum Gasteiger partial charge on any atom is 0.191 e. The van der Waals surface area contributed by atoms with Gasteiger partial charge in [0.05, 0.1) is 12.2 Å². The number of nitrogens with zero attached hydrogens (tertiary/aromatic N) is 2. The van der Waals surface area contributed by atoms with Gasteiger partial charge in [-0.2, -0.15) is 0 Å². The Morgan fingerprint density at radius 3 is 2.67 bits per heavy atom. The van der Waals surface area contributed by atoms with E-state index in [4.69, 9.17) is 4.52 Å². The van der Waals surface area contributed by atoms with E-state index < -0.39 is 0 Å². The lowest BCUT2D eigenvalue weighted by Gasteiger charge is -2.11. The molecule has 118 valence electrons. The Balaban J connectivity index is 1.94. The first kappa shape index (κ1) is 15.9. The van der Waals surface area contributed by atoms with Crippen LogP contribution >= 0.6 is 0 Å². The van der Waals surface area contributed by atoms with Crippen molar-refractivity contribution in [1.82, 2.24) is 15.8 Å². The zero-order valence-corrected chi connectivity index (χ0v) is 13.5. The number of aromatic nitrogens is 1. The first-order chi connectivity index (χ1) is 10.3. The molecule has 5 heteroatoms. The zero-order chi connectivity index (χ0) is 15.1. The van der Waals surface area contributed by atoms with Crippen LogP contribution in [0.15, 0.2) is 9.52 Å². The van der Waals surface area contributed by atoms with Crippen molar-refractivity contribution in [2.75, 3.05) is 13.1 Å². The van der Waals surface area contributed by atoms with Crippen molar-refractivity contribution in [2.24, 2.45) is 10.9 Å². The van der Waals surface area contributed by atoms with Crippen LogP contribution in [-0.2, 0) is 19.4 Å². The average Bonchev–Trinajstić information content (AvgIpc) is 3.23. The molecule has 21 heavy (non-hydrogen) atoms. The van der Waals surface area contributed by atoms with Gasteiger partial charge in [-0.05, 0) is 25.7 Å². The fourth-order valence-corrected chi connectivity index (χ4v) is 2.42. The summed E-state index contributed by atoms with van der Waals surface area (Å²) in [7, 11) is 0. The molecule has 1 heterocycles. The summed E-state index contributed by atoms with van der Waals surface area (Å²) >= 11 is 0. The van der Waals surface area contributed by atoms with Crippen LogP contribution in [0.5, 0.6) is 0 Å². The fraction of sp³-hybridized carbons (Fsp3) is 0.750. The van der Waals surface area contributed by atoms with Gasteiger partial charge < -0.3 is 15.2 Å². The van der Waals surface area contributed by atoms with Crippen molar-refractivity contribution in [1.29, 1.82) is 0 Å². The van der Waals surface area contributed by atoms with E-state index in [1.807, 2.05) is 0 Å². The maximum absolute atomic E-state index is 5.39. The summed E-state index contributed by atoms with van der Waals surface area (Å²) in [6.45, 7) is 8.79. The molecule has 1 saturated carbocycles. The Hall–Kier alpha value is -1.52. The van der Waals surface area contributed by atoms with Gasteiger partial charge in [-0.15, -0.1) is 0 Å². The largest absolute Gasteiger partial charge is 0.361 e. The van der Waals surface area contributed by atoms with Gasteiger partial charge in [-0.25, -0.2) is 4.99 Å². The van der Waals surface area contributed by atoms with Gasteiger partial charge in [-0.1, -0.05) is 31.8 Å². The minimum absolute atomic E-state index is 0.634. The lowest BCUT2D eigenvalue weighted by atomic mass is 10.1. The number of hydrogen-bond acceptors (Lipinski definition) is 3. The molecular weight excluding hydrogens is 264 g/mol. The second kappa shape index (κ2) is 8.05. The summed E-state index contributed by atoms with van der Waals surface area (Å²) in [6.07, 6.45) is 5.80. The molecular formula is C16H28N4O. The summed E-state index contributed by atoms with van der Waals surface area (Å²) in [5.74, 6) is 2.80. The fourth-order valence-electron chi connectivity index (χ4n) is 2.42. The van der Waals surface area contributed by atoms with E-state index in [9.17, 15) is 0 Å². The molecule has 0 saturated heterocycles. The van der Waals surface area contributed by atoms with Crippen molar-refractivity contribution in [3.05, 3.63) is 17.0 Å². The van der Waals surface area contributed by atoms with Gasteiger partial charge in [0.15, 0.2) is 5.96 Å². The van der Waals surface area contributed by atoms with Crippen LogP contribution in [0.3, 0.4) is 0 Å². The topological polar surface area (TPSA) is 62.5 Å². The van der Waals surface area contributed by atoms with E-state index in [1.165, 1.54) is 19.3 Å². The summed E-state index contributed by atoms with van der Waals surface area (Å²) in [6, 6.07) is 0. The van der Waals surface area contributed by atoms with Crippen LogP contribution in [-0.4, -0.2) is 24.2 Å². The Morgan fingerprint density at radius 1 is 1.24 bits per heavy atom. The SMILES string of the molecule is CCNC(=NCc1c(CC)noc1CC)NCCC1CC1. The van der Waals surface area contributed by atoms with E-state index in [1.54, 1.807) is 0 Å². The van der Waals surface area contributed by atoms with E-state index in [-0.39, 0.29) is 0 Å². The van der Waals surface area contributed by atoms with Gasteiger partial charge in [0, 0.05) is 25.1 Å². The molecule has 0 atom stereocenters. The quantitative estimate of drug-likeness (QED) is 0.571. The molecule has 0 unspecified atom stereocenters. The van der Waals surface area contributed by atoms with E-state index in [0.29, 0.717) is 6.54 Å². The molecule has 0 radical (unpaired) electrons. The third-order valence-corrected chi connectivity index (χ3v) is 3.89. The molecule has 1 aliphatic rings. The highest BCUT2D eigenvalue weighted by atomic mass is 16.5. The predicted octanol–water partition coefficient (Wildman–Crippen LogP) is 2.65. The molecule has 1 aliphatic carbocycles. The molecule has 2 rings (SSSR count). The molecule has 1 aromatic rings. The van der Waals surface area contributed by atoms with Crippen molar-refractivity contribution in [3.63, 3.8) is 0 Å². The van der Waals surface area contributed by atoms with Gasteiger partial charge >= 0.3 is 0 Å². The highest BCUT2D eigenvalue weighted by Crippen LogP contribution is 2.31. The molecule has 0 spiro atoms. The first-order valence-corrected chi connectivity index (χ1v) is 8.26. The Morgan fingerprint density at radius 2 is 2.05 bits per heavy atom. The second-order valence-electron chi connectivity index (χ2n) is 5.59. The number of nitrogens with one attached hydrogen (secondary N) is 2. The molecule has 0 bridgehead atoms. The number of guanidine groups is 1. The second-order valence-corrected chi connectivity index (χ2v) is 5.59. The molecule has 1 fully saturated rings. The number of hydrogen-bond donors (Lipinski definition) is 2. The highest BCUT2D eigenvalue weighted by Gasteiger charge is 2.20. The van der Waals surface area contributed by atoms with Gasteiger partial charge in [0.25, 0.3) is 0 Å². The molecule has 0 aromatic carbocycles. The van der Waals surface area contributed by atoms with Crippen LogP contribution < -0.4 is 10.6 Å². The van der Waals surface area contributed by atoms with E-state index >= 15 is 0 Å². The van der Waals surface area contributed by atoms with E-state index in [0.717, 1.165) is 54.8 Å². The molecule has 0 amide bonds. The minimum Gasteiger partial charge on any atom is -0.361 e. The summed E-state index contributed by atoms with van der Waals surface area (Å²) in [4.78, 5) is 4.68. The van der Waals surface area contributed by atoms with Crippen LogP contribution in [0.2, 0.25) is 0 Å². The number of aryl methyl sites for hydroxylation is 2. The van der Waals surface area contributed by atoms with Crippen molar-refractivity contribution in [2.45, 2.75) is 59.4 Å². The maximum atomic E-state index is 5.39. The van der Waals surface area contributed by atoms with Crippen LogP contribution in [0.1, 0.15) is 57.1 Å². The highest BCUT2D eigenvalue weighted by molar-refractivity contribution is 5.79. The number of rotatable bonds is 8. The third-order valence-electron chi connectivity index (χ3n) is 3.89. The predicted molar refractivity (Wildman–Crippen MR) is 85.4 cm³/mol. The van der Waals surface area contributed by atoms with Crippen LogP contribution in [0.25, 0.3) is 0 Å². The normalized spacial score (nSPS) is 15.3. The van der Waals surface area contributed by atoms with Crippen LogP contribution in [0.4, 0.5) is 0 Å². The molecule has 1 aromatic heterocycles. The lowest BCUT2D eigenvalue weighted by Crippen LogP contribution is -2.37. The smallest absolute Gasteiger partial charge is 0.191 e. The minimum atomic E-state index is 0.634. The summed E-state index contributed by atoms with van der Waals surface area (Å²) in [5.41, 5.74) is 2.18. The Labute approximate surface area is 127 Å². The first-order valence-electron chi connectivity index (χ1n) is 8.26. The van der Waals surface area contributed by atoms with Crippen LogP contribution in [0, 0.1) is 5.92 Å². The van der Waals surface area contributed by atoms with Crippen molar-refractivity contribution < 1.29 is 4.52 Å². The Bertz CT molecular complexity index is 441. The van der Waals surface area contributed by atoms with Crippen molar-refractivity contribution >= 4 is 5.96 Å². The molecule has 0 aliphatic heterocycles. The van der Waals surface area contributed by atoms with Gasteiger partial charge in [0.2, 0.25) is 0 Å². The Kier molecular flexibility index (Phi) is 6.08. The molecule has 5 nitrogen and oxygen atoms in total. The van der Waals surface area contributed by atoms with Gasteiger partial charge in [-0.3, -0.25) is 0 Å². The standard InChI is InChI=1S/C16H28N4O/c1-4-14-13(15(5-2)21-20-14)11-19-16(17-6-3)18-10-9-12-7-8-12/h12H,4-11H2,1-3H3,(H2,17,18,19). The third kappa shape index (κ3) is 4.76. The van der Waals surface area contributed by atoms with Gasteiger partial charge in [0.1, 0.15) is 5.76 Å².